The van der Waals surface area contributed by atoms with E-state index in [0.29, 0.717) is 0 Å². The molecular formula is C8H15NO. The van der Waals surface area contributed by atoms with E-state index in [9.17, 15) is 0 Å². The van der Waals surface area contributed by atoms with Gasteiger partial charge in [0.2, 0.25) is 0 Å². The fourth-order valence-electron chi connectivity index (χ4n) is 0.566. The van der Waals surface area contributed by atoms with Crippen LogP contribution in [0.25, 0.3) is 0 Å². The number of hydrogen-bond acceptors (Lipinski definition) is 2. The van der Waals surface area contributed by atoms with Crippen LogP contribution in [-0.4, -0.2) is 12.2 Å². The van der Waals surface area contributed by atoms with Gasteiger partial charge in [0.1, 0.15) is 0 Å². The first-order valence-corrected chi connectivity index (χ1v) is 3.06. The van der Waals surface area contributed by atoms with Crippen LogP contribution in [0.4, 0.5) is 5.69 Å². The number of benzene rings is 1. The van der Waals surface area contributed by atoms with Crippen LogP contribution in [0.15, 0.2) is 24.3 Å². The molecule has 0 fully saturated rings. The average molecular weight is 141 g/mol. The van der Waals surface area contributed by atoms with Crippen molar-refractivity contribution in [1.29, 1.82) is 0 Å². The van der Waals surface area contributed by atoms with Crippen molar-refractivity contribution in [2.75, 3.05) is 12.8 Å². The minimum atomic E-state index is 0. The van der Waals surface area contributed by atoms with Crippen molar-refractivity contribution in [2.24, 2.45) is 0 Å². The number of anilines is 1. The van der Waals surface area contributed by atoms with Gasteiger partial charge in [0.15, 0.2) is 0 Å². The lowest BCUT2D eigenvalue weighted by Gasteiger charge is -1.90. The summed E-state index contributed by atoms with van der Waals surface area (Å²) in [7, 11) is 1.00. The Labute approximate surface area is 62.8 Å². The molecule has 10 heavy (non-hydrogen) atoms. The summed E-state index contributed by atoms with van der Waals surface area (Å²) in [6.45, 7) is 2.04. The van der Waals surface area contributed by atoms with Crippen LogP contribution in [0.5, 0.6) is 0 Å². The summed E-state index contributed by atoms with van der Waals surface area (Å²) in [5.74, 6) is 0. The van der Waals surface area contributed by atoms with Gasteiger partial charge in [-0.15, -0.1) is 0 Å². The van der Waals surface area contributed by atoms with Crippen molar-refractivity contribution in [3.63, 3.8) is 0 Å². The molecule has 0 aliphatic heterocycles. The molecule has 0 amide bonds. The van der Waals surface area contributed by atoms with Gasteiger partial charge in [-0.3, -0.25) is 0 Å². The lowest BCUT2D eigenvalue weighted by atomic mass is 10.2. The van der Waals surface area contributed by atoms with Gasteiger partial charge in [0, 0.05) is 14.2 Å². The third-order valence-corrected chi connectivity index (χ3v) is 1.08. The summed E-state index contributed by atoms with van der Waals surface area (Å²) in [5, 5.41) is 7.00. The van der Waals surface area contributed by atoms with Gasteiger partial charge in [0.05, 0.1) is 0 Å². The van der Waals surface area contributed by atoms with E-state index < -0.39 is 0 Å². The van der Waals surface area contributed by atoms with E-state index >= 15 is 0 Å². The smallest absolute Gasteiger partial charge is 0.0319 e. The van der Waals surface area contributed by atoms with Crippen LogP contribution >= 0.6 is 0 Å². The highest BCUT2D eigenvalue weighted by Crippen LogP contribution is 2.02. The molecule has 0 radical (unpaired) electrons. The second-order valence-electron chi connectivity index (χ2n) is 1.91. The predicted octanol–water partition coefficient (Wildman–Crippen LogP) is 1.43. The Balaban J connectivity index is 0. The average Bonchev–Trinajstić information content (AvgIpc) is 2.00. The standard InChI is InChI=1S/C7H9N.CH4O.H2/c1-6-2-4-7(8)5-3-6;1-2;/h2-5H,8H2,1H3;2H,1H3;1H. The first kappa shape index (κ1) is 8.98. The van der Waals surface area contributed by atoms with Crippen LogP contribution in [0.1, 0.15) is 6.99 Å². The van der Waals surface area contributed by atoms with E-state index in [-0.39, 0.29) is 1.43 Å². The van der Waals surface area contributed by atoms with Crippen LogP contribution < -0.4 is 5.73 Å². The van der Waals surface area contributed by atoms with Crippen molar-refractivity contribution in [2.45, 2.75) is 6.92 Å². The van der Waals surface area contributed by atoms with Crippen LogP contribution in [0.2, 0.25) is 0 Å². The van der Waals surface area contributed by atoms with Crippen molar-refractivity contribution >= 4 is 5.69 Å². The summed E-state index contributed by atoms with van der Waals surface area (Å²) in [4.78, 5) is 0. The van der Waals surface area contributed by atoms with Gasteiger partial charge in [-0.1, -0.05) is 17.7 Å². The Kier molecular flexibility index (Phi) is 4.33. The van der Waals surface area contributed by atoms with Gasteiger partial charge >= 0.3 is 0 Å². The molecule has 2 nitrogen and oxygen atoms in total. The summed E-state index contributed by atoms with van der Waals surface area (Å²) in [6.07, 6.45) is 0. The number of aliphatic hydroxyl groups excluding tert-OH is 1. The predicted molar refractivity (Wildman–Crippen MR) is 45.8 cm³/mol. The number of nitrogens with two attached hydrogens (primary N) is 1. The van der Waals surface area contributed by atoms with Gasteiger partial charge in [-0.2, -0.15) is 0 Å². The molecule has 0 heterocycles. The Morgan fingerprint density at radius 2 is 1.60 bits per heavy atom. The van der Waals surface area contributed by atoms with Crippen LogP contribution in [0, 0.1) is 6.92 Å². The maximum Gasteiger partial charge on any atom is 0.0319 e. The van der Waals surface area contributed by atoms with Crippen molar-refractivity contribution < 1.29 is 6.53 Å². The molecule has 3 N–H and O–H groups in total. The normalized spacial score (nSPS) is 7.90. The molecule has 0 aliphatic carbocycles. The summed E-state index contributed by atoms with van der Waals surface area (Å²) in [6, 6.07) is 7.79. The minimum absolute atomic E-state index is 0. The van der Waals surface area contributed by atoms with E-state index in [0.717, 1.165) is 12.8 Å². The lowest BCUT2D eigenvalue weighted by Crippen LogP contribution is -1.81. The molecule has 1 rings (SSSR count). The van der Waals surface area contributed by atoms with Crippen LogP contribution in [0.3, 0.4) is 0 Å². The molecule has 0 aliphatic rings. The molecule has 0 saturated carbocycles. The molecule has 0 bridgehead atoms. The van der Waals surface area contributed by atoms with Crippen LogP contribution in [-0.2, 0) is 0 Å². The fraction of sp³-hybridized carbons (Fsp3) is 0.250. The molecule has 0 saturated heterocycles. The molecule has 1 aromatic rings. The molecule has 1 aromatic carbocycles. The van der Waals surface area contributed by atoms with Gasteiger partial charge in [-0.25, -0.2) is 0 Å². The largest absolute Gasteiger partial charge is 0.400 e. The second-order valence-corrected chi connectivity index (χ2v) is 1.91. The molecule has 58 valence electrons. The fourth-order valence-corrected chi connectivity index (χ4v) is 0.566. The number of hydrogen-bond donors (Lipinski definition) is 2. The zero-order valence-corrected chi connectivity index (χ0v) is 6.33. The molecule has 2 heteroatoms. The zero-order valence-electron chi connectivity index (χ0n) is 6.33. The van der Waals surface area contributed by atoms with E-state index in [1.807, 2.05) is 31.2 Å². The number of aryl methyl sites for hydroxylation is 1. The SMILES string of the molecule is CO.Cc1ccc(N)cc1.[HH]. The van der Waals surface area contributed by atoms with Gasteiger partial charge < -0.3 is 10.8 Å². The third kappa shape index (κ3) is 3.10. The highest BCUT2D eigenvalue weighted by atomic mass is 16.2. The first-order valence-electron chi connectivity index (χ1n) is 3.06. The number of rotatable bonds is 0. The van der Waals surface area contributed by atoms with E-state index in [1.54, 1.807) is 0 Å². The number of aliphatic hydroxyl groups is 1. The highest BCUT2D eigenvalue weighted by Gasteiger charge is 1.80. The van der Waals surface area contributed by atoms with Crippen molar-refractivity contribution in [3.8, 4) is 0 Å². The molecule has 0 spiro atoms. The Morgan fingerprint density at radius 3 is 1.90 bits per heavy atom. The maximum absolute atomic E-state index is 7.00. The van der Waals surface area contributed by atoms with E-state index in [4.69, 9.17) is 10.8 Å². The second kappa shape index (κ2) is 4.82. The van der Waals surface area contributed by atoms with Crippen molar-refractivity contribution in [1.82, 2.24) is 0 Å². The maximum atomic E-state index is 7.00. The van der Waals surface area contributed by atoms with Gasteiger partial charge in [0.25, 0.3) is 0 Å². The van der Waals surface area contributed by atoms with E-state index in [2.05, 4.69) is 0 Å². The monoisotopic (exact) mass is 141 g/mol. The number of nitrogen functional groups attached to an aromatic ring is 1. The first-order chi connectivity index (χ1) is 4.79. The summed E-state index contributed by atoms with van der Waals surface area (Å²) < 4.78 is 0. The zero-order chi connectivity index (χ0) is 7.98. The molecular weight excluding hydrogens is 126 g/mol. The molecule has 0 atom stereocenters. The Bertz CT molecular complexity index is 153. The Morgan fingerprint density at radius 1 is 1.20 bits per heavy atom. The summed E-state index contributed by atoms with van der Waals surface area (Å²) >= 11 is 0. The van der Waals surface area contributed by atoms with E-state index in [1.165, 1.54) is 5.56 Å². The quantitative estimate of drug-likeness (QED) is 0.537. The topological polar surface area (TPSA) is 46.2 Å². The lowest BCUT2D eigenvalue weighted by molar-refractivity contribution is 0.399. The summed E-state index contributed by atoms with van der Waals surface area (Å²) in [5.41, 5.74) is 7.51. The highest BCUT2D eigenvalue weighted by molar-refractivity contribution is 5.38. The Hall–Kier alpha value is -1.02. The van der Waals surface area contributed by atoms with Gasteiger partial charge in [-0.05, 0) is 19.1 Å². The molecule has 0 aromatic heterocycles. The molecule has 0 unspecified atom stereocenters. The van der Waals surface area contributed by atoms with Crippen molar-refractivity contribution in [3.05, 3.63) is 29.8 Å². The minimum Gasteiger partial charge on any atom is -0.400 e. The third-order valence-electron chi connectivity index (χ3n) is 1.08.